The Kier molecular flexibility index (Phi) is 7.11. The Morgan fingerprint density at radius 1 is 1.30 bits per heavy atom. The molecule has 0 radical (unpaired) electrons. The number of phenols is 1. The monoisotopic (exact) mass is 517 g/mol. The number of benzene rings is 2. The fourth-order valence-corrected chi connectivity index (χ4v) is 3.45. The highest BCUT2D eigenvalue weighted by Gasteiger charge is 2.19. The first-order valence-corrected chi connectivity index (χ1v) is 9.44. The summed E-state index contributed by atoms with van der Waals surface area (Å²) in [6.07, 6.45) is 0. The second kappa shape index (κ2) is 9.11. The summed E-state index contributed by atoms with van der Waals surface area (Å²) in [5.41, 5.74) is 0.256. The van der Waals surface area contributed by atoms with Crippen LogP contribution in [-0.2, 0) is 0 Å². The first-order valence-electron chi connectivity index (χ1n) is 7.44. The van der Waals surface area contributed by atoms with E-state index < -0.39 is 10.8 Å². The second-order valence-electron chi connectivity index (χ2n) is 5.07. The Hall–Kier alpha value is -2.24. The molecule has 0 saturated carbocycles. The van der Waals surface area contributed by atoms with E-state index in [2.05, 4.69) is 42.5 Å². The SMILES string of the molecule is CCOc1ccc(C(=O)NC(=S)Nc2cc(Br)c(O)c(Br)c2)cc1[N+](=O)[O-]. The highest BCUT2D eigenvalue weighted by molar-refractivity contribution is 9.11. The van der Waals surface area contributed by atoms with Gasteiger partial charge < -0.3 is 15.2 Å². The zero-order chi connectivity index (χ0) is 20.1. The Labute approximate surface area is 176 Å². The van der Waals surface area contributed by atoms with Crippen LogP contribution in [0.4, 0.5) is 11.4 Å². The highest BCUT2D eigenvalue weighted by Crippen LogP contribution is 2.35. The molecule has 0 saturated heterocycles. The zero-order valence-electron chi connectivity index (χ0n) is 13.8. The third-order valence-electron chi connectivity index (χ3n) is 3.22. The fourth-order valence-electron chi connectivity index (χ4n) is 2.05. The summed E-state index contributed by atoms with van der Waals surface area (Å²) in [5.74, 6) is -0.508. The third kappa shape index (κ3) is 5.37. The number of thiocarbonyl (C=S) groups is 1. The van der Waals surface area contributed by atoms with Crippen molar-refractivity contribution in [1.82, 2.24) is 5.32 Å². The molecule has 0 bridgehead atoms. The number of nitro groups is 1. The van der Waals surface area contributed by atoms with E-state index in [1.807, 2.05) is 0 Å². The lowest BCUT2D eigenvalue weighted by atomic mass is 10.1. The van der Waals surface area contributed by atoms with E-state index in [0.29, 0.717) is 14.6 Å². The molecular weight excluding hydrogens is 506 g/mol. The number of halogens is 2. The minimum absolute atomic E-state index is 0.0129. The Balaban J connectivity index is 2.13. The molecule has 2 aromatic carbocycles. The first kappa shape index (κ1) is 21.1. The van der Waals surface area contributed by atoms with E-state index in [1.54, 1.807) is 19.1 Å². The van der Waals surface area contributed by atoms with E-state index in [4.69, 9.17) is 17.0 Å². The molecule has 0 aliphatic carbocycles. The van der Waals surface area contributed by atoms with E-state index >= 15 is 0 Å². The summed E-state index contributed by atoms with van der Waals surface area (Å²) in [5, 5.41) is 26.1. The summed E-state index contributed by atoms with van der Waals surface area (Å²) in [6, 6.07) is 7.03. The van der Waals surface area contributed by atoms with Crippen LogP contribution in [0.3, 0.4) is 0 Å². The molecule has 2 rings (SSSR count). The van der Waals surface area contributed by atoms with Crippen LogP contribution in [0, 0.1) is 10.1 Å². The summed E-state index contributed by atoms with van der Waals surface area (Å²) in [6.45, 7) is 1.96. The molecule has 11 heteroatoms. The van der Waals surface area contributed by atoms with Gasteiger partial charge in [0.05, 0.1) is 20.5 Å². The molecule has 0 aliphatic heterocycles. The molecule has 8 nitrogen and oxygen atoms in total. The normalized spacial score (nSPS) is 10.2. The van der Waals surface area contributed by atoms with E-state index in [0.717, 1.165) is 6.07 Å². The van der Waals surface area contributed by atoms with Gasteiger partial charge in [-0.1, -0.05) is 0 Å². The number of ether oxygens (including phenoxy) is 1. The van der Waals surface area contributed by atoms with Gasteiger partial charge in [0, 0.05) is 17.3 Å². The van der Waals surface area contributed by atoms with Gasteiger partial charge in [0.2, 0.25) is 0 Å². The molecule has 0 atom stereocenters. The maximum atomic E-state index is 12.3. The van der Waals surface area contributed by atoms with Crippen LogP contribution < -0.4 is 15.4 Å². The number of nitro benzene ring substituents is 1. The Bertz CT molecular complexity index is 900. The molecule has 0 aliphatic rings. The number of hydrogen-bond donors (Lipinski definition) is 3. The van der Waals surface area contributed by atoms with Gasteiger partial charge in [-0.2, -0.15) is 0 Å². The molecule has 0 spiro atoms. The molecule has 142 valence electrons. The van der Waals surface area contributed by atoms with Crippen LogP contribution in [0.2, 0.25) is 0 Å². The summed E-state index contributed by atoms with van der Waals surface area (Å²) < 4.78 is 6.04. The fraction of sp³-hybridized carbons (Fsp3) is 0.125. The average molecular weight is 519 g/mol. The number of phenolic OH excluding ortho intramolecular Hbond substituents is 1. The smallest absolute Gasteiger partial charge is 0.311 e. The van der Waals surface area contributed by atoms with Crippen molar-refractivity contribution in [3.05, 3.63) is 55.0 Å². The lowest BCUT2D eigenvalue weighted by Gasteiger charge is -2.12. The number of hydrogen-bond acceptors (Lipinski definition) is 6. The molecule has 2 aromatic rings. The second-order valence-corrected chi connectivity index (χ2v) is 7.19. The average Bonchev–Trinajstić information content (AvgIpc) is 2.59. The molecule has 3 N–H and O–H groups in total. The van der Waals surface area contributed by atoms with Gasteiger partial charge in [-0.15, -0.1) is 0 Å². The number of carbonyl (C=O) groups excluding carboxylic acids is 1. The van der Waals surface area contributed by atoms with Gasteiger partial charge in [0.25, 0.3) is 5.91 Å². The summed E-state index contributed by atoms with van der Waals surface area (Å²) in [4.78, 5) is 22.8. The predicted molar refractivity (Wildman–Crippen MR) is 111 cm³/mol. The zero-order valence-corrected chi connectivity index (χ0v) is 17.8. The minimum Gasteiger partial charge on any atom is -0.506 e. The van der Waals surface area contributed by atoms with Gasteiger partial charge in [-0.25, -0.2) is 0 Å². The molecule has 0 heterocycles. The molecule has 27 heavy (non-hydrogen) atoms. The highest BCUT2D eigenvalue weighted by atomic mass is 79.9. The maximum Gasteiger partial charge on any atom is 0.311 e. The molecule has 0 fully saturated rings. The first-order chi connectivity index (χ1) is 12.7. The van der Waals surface area contributed by atoms with Crippen LogP contribution >= 0.6 is 44.1 Å². The number of anilines is 1. The van der Waals surface area contributed by atoms with Crippen molar-refractivity contribution in [2.24, 2.45) is 0 Å². The predicted octanol–water partition coefficient (Wildman–Crippen LogP) is 4.35. The number of nitrogens with zero attached hydrogens (tertiary/aromatic N) is 1. The number of nitrogens with one attached hydrogen (secondary N) is 2. The molecule has 0 aromatic heterocycles. The topological polar surface area (TPSA) is 114 Å². The van der Waals surface area contributed by atoms with Crippen molar-refractivity contribution < 1.29 is 19.6 Å². The third-order valence-corrected chi connectivity index (χ3v) is 4.63. The number of amides is 1. The molecule has 1 amide bonds. The van der Waals surface area contributed by atoms with Crippen LogP contribution in [0.15, 0.2) is 39.3 Å². The van der Waals surface area contributed by atoms with Crippen LogP contribution in [-0.4, -0.2) is 27.7 Å². The van der Waals surface area contributed by atoms with Crippen LogP contribution in [0.25, 0.3) is 0 Å². The number of rotatable bonds is 5. The van der Waals surface area contributed by atoms with Crippen molar-refractivity contribution in [3.63, 3.8) is 0 Å². The quantitative estimate of drug-likeness (QED) is 0.233. The van der Waals surface area contributed by atoms with Crippen molar-refractivity contribution in [2.75, 3.05) is 11.9 Å². The van der Waals surface area contributed by atoms with Crippen LogP contribution in [0.1, 0.15) is 17.3 Å². The Morgan fingerprint density at radius 3 is 2.48 bits per heavy atom. The van der Waals surface area contributed by atoms with Gasteiger partial charge >= 0.3 is 5.69 Å². The van der Waals surface area contributed by atoms with Crippen molar-refractivity contribution in [1.29, 1.82) is 0 Å². The largest absolute Gasteiger partial charge is 0.506 e. The molecular formula is C16H13Br2N3O5S. The van der Waals surface area contributed by atoms with Gasteiger partial charge in [-0.05, 0) is 75.3 Å². The van der Waals surface area contributed by atoms with Gasteiger partial charge in [0.15, 0.2) is 10.9 Å². The van der Waals surface area contributed by atoms with E-state index in [-0.39, 0.29) is 34.5 Å². The number of aromatic hydroxyl groups is 1. The van der Waals surface area contributed by atoms with Gasteiger partial charge in [-0.3, -0.25) is 20.2 Å². The van der Waals surface area contributed by atoms with Crippen molar-refractivity contribution >= 4 is 66.5 Å². The summed E-state index contributed by atoms with van der Waals surface area (Å²) >= 11 is 11.5. The lowest BCUT2D eigenvalue weighted by molar-refractivity contribution is -0.385. The van der Waals surface area contributed by atoms with Crippen molar-refractivity contribution in [3.8, 4) is 11.5 Å². The standard InChI is InChI=1S/C16H13Br2N3O5S/c1-2-26-13-4-3-8(5-12(13)21(24)25)15(23)20-16(27)19-9-6-10(17)14(22)11(18)7-9/h3-7,22H,2H2,1H3,(H2,19,20,23,27). The van der Waals surface area contributed by atoms with Crippen LogP contribution in [0.5, 0.6) is 11.5 Å². The maximum absolute atomic E-state index is 12.3. The Morgan fingerprint density at radius 2 is 1.93 bits per heavy atom. The van der Waals surface area contributed by atoms with E-state index in [1.165, 1.54) is 12.1 Å². The summed E-state index contributed by atoms with van der Waals surface area (Å²) in [7, 11) is 0. The van der Waals surface area contributed by atoms with E-state index in [9.17, 15) is 20.0 Å². The lowest BCUT2D eigenvalue weighted by Crippen LogP contribution is -2.34. The number of carbonyl (C=O) groups is 1. The minimum atomic E-state index is -0.621. The van der Waals surface area contributed by atoms with Crippen molar-refractivity contribution in [2.45, 2.75) is 6.92 Å². The van der Waals surface area contributed by atoms with Gasteiger partial charge in [0.1, 0.15) is 5.75 Å². The molecule has 0 unspecified atom stereocenters.